The Kier molecular flexibility index (Phi) is 5.85. The van der Waals surface area contributed by atoms with Crippen LogP contribution in [0.5, 0.6) is 0 Å². The van der Waals surface area contributed by atoms with E-state index in [4.69, 9.17) is 0 Å². The maximum atomic E-state index is 13.1. The van der Waals surface area contributed by atoms with Crippen molar-refractivity contribution >= 4 is 28.6 Å². The molecule has 0 saturated heterocycles. The Morgan fingerprint density at radius 1 is 1.15 bits per heavy atom. The zero-order chi connectivity index (χ0) is 18.5. The highest BCUT2D eigenvalue weighted by molar-refractivity contribution is 7.99. The molecule has 2 N–H and O–H groups in total. The molecule has 26 heavy (non-hydrogen) atoms. The van der Waals surface area contributed by atoms with Gasteiger partial charge in [-0.25, -0.2) is 9.37 Å². The number of fused-ring (bicyclic) bond motifs is 1. The van der Waals surface area contributed by atoms with Gasteiger partial charge in [-0.2, -0.15) is 0 Å². The maximum absolute atomic E-state index is 13.1. The fourth-order valence-electron chi connectivity index (χ4n) is 2.54. The first kappa shape index (κ1) is 18.4. The Bertz CT molecular complexity index is 913. The van der Waals surface area contributed by atoms with Gasteiger partial charge in [0.05, 0.1) is 38.3 Å². The number of likely N-dealkylation sites (N-methyl/N-ethyl adjacent to an activating group) is 1. The minimum absolute atomic E-state index is 0.106. The summed E-state index contributed by atoms with van der Waals surface area (Å²) in [5.41, 5.74) is 1.37. The highest BCUT2D eigenvalue weighted by Crippen LogP contribution is 2.29. The summed E-state index contributed by atoms with van der Waals surface area (Å²) in [7, 11) is 4.09. The lowest BCUT2D eigenvalue weighted by molar-refractivity contribution is -0.856. The summed E-state index contributed by atoms with van der Waals surface area (Å²) in [6.45, 7) is 1.46. The number of hydrogen-bond acceptors (Lipinski definition) is 3. The van der Waals surface area contributed by atoms with E-state index in [0.717, 1.165) is 22.3 Å². The number of hydrogen-bond donors (Lipinski definition) is 2. The minimum atomic E-state index is -0.274. The van der Waals surface area contributed by atoms with Crippen LogP contribution in [-0.4, -0.2) is 38.1 Å². The van der Waals surface area contributed by atoms with Crippen LogP contribution in [-0.2, 0) is 0 Å². The molecule has 0 radical (unpaired) electrons. The lowest BCUT2D eigenvalue weighted by Gasteiger charge is -2.11. The van der Waals surface area contributed by atoms with E-state index in [-0.39, 0.29) is 11.7 Å². The van der Waals surface area contributed by atoms with Crippen LogP contribution in [0.2, 0.25) is 0 Å². The number of para-hydroxylation sites is 1. The second-order valence-electron chi connectivity index (χ2n) is 6.29. The van der Waals surface area contributed by atoms with E-state index in [0.29, 0.717) is 17.1 Å². The van der Waals surface area contributed by atoms with Gasteiger partial charge < -0.3 is 10.2 Å². The summed E-state index contributed by atoms with van der Waals surface area (Å²) in [6.07, 6.45) is 0. The third kappa shape index (κ3) is 4.59. The molecule has 4 nitrogen and oxygen atoms in total. The molecule has 0 aliphatic carbocycles. The summed E-state index contributed by atoms with van der Waals surface area (Å²) in [5, 5.41) is 4.51. The molecule has 0 bridgehead atoms. The second kappa shape index (κ2) is 8.29. The topological polar surface area (TPSA) is 46.4 Å². The number of rotatable bonds is 6. The predicted octanol–water partition coefficient (Wildman–Crippen LogP) is 2.40. The fraction of sp³-hybridized carbons (Fsp3) is 0.200. The van der Waals surface area contributed by atoms with Gasteiger partial charge in [0.15, 0.2) is 0 Å². The van der Waals surface area contributed by atoms with Crippen molar-refractivity contribution in [2.45, 2.75) is 9.92 Å². The lowest BCUT2D eigenvalue weighted by atomic mass is 10.1. The highest BCUT2D eigenvalue weighted by Gasteiger charge is 2.14. The molecule has 6 heteroatoms. The van der Waals surface area contributed by atoms with E-state index in [9.17, 15) is 9.18 Å². The van der Waals surface area contributed by atoms with Crippen LogP contribution in [0.4, 0.5) is 4.39 Å². The number of carbonyl (C=O) groups is 1. The molecular weight excluding hydrogens is 349 g/mol. The van der Waals surface area contributed by atoms with E-state index < -0.39 is 0 Å². The number of amides is 1. The van der Waals surface area contributed by atoms with Gasteiger partial charge in [0.2, 0.25) is 0 Å². The van der Waals surface area contributed by atoms with E-state index >= 15 is 0 Å². The molecule has 3 rings (SSSR count). The van der Waals surface area contributed by atoms with Crippen LogP contribution in [0, 0.1) is 5.82 Å². The number of nitrogens with one attached hydrogen (secondary N) is 2. The summed E-state index contributed by atoms with van der Waals surface area (Å²) in [6, 6.07) is 15.6. The monoisotopic (exact) mass is 370 g/mol. The number of benzene rings is 2. The van der Waals surface area contributed by atoms with Gasteiger partial charge in [-0.3, -0.25) is 4.79 Å². The van der Waals surface area contributed by atoms with Gasteiger partial charge in [-0.15, -0.1) is 0 Å². The first-order valence-corrected chi connectivity index (χ1v) is 9.25. The molecule has 3 aromatic rings. The fourth-order valence-corrected chi connectivity index (χ4v) is 3.37. The number of halogens is 1. The third-order valence-corrected chi connectivity index (χ3v) is 4.81. The first-order chi connectivity index (χ1) is 12.5. The van der Waals surface area contributed by atoms with Crippen LogP contribution in [0.1, 0.15) is 10.4 Å². The molecule has 134 valence electrons. The largest absolute Gasteiger partial charge is 0.346 e. The molecule has 0 atom stereocenters. The van der Waals surface area contributed by atoms with Gasteiger partial charge in [0.1, 0.15) is 10.8 Å². The van der Waals surface area contributed by atoms with Gasteiger partial charge in [0.25, 0.3) is 5.91 Å². The van der Waals surface area contributed by atoms with E-state index in [1.807, 2.05) is 38.4 Å². The molecule has 0 aliphatic heterocycles. The summed E-state index contributed by atoms with van der Waals surface area (Å²) in [5.74, 6) is -0.380. The normalized spacial score (nSPS) is 11.1. The molecule has 0 saturated carbocycles. The van der Waals surface area contributed by atoms with Crippen molar-refractivity contribution in [2.24, 2.45) is 0 Å². The standard InChI is InChI=1S/C20H20FN3OS/c1-24(2)12-11-22-20(25)17-13-19(23-18-6-4-3-5-16(17)18)26-15-9-7-14(21)8-10-15/h3-10,13H,11-12H2,1-2H3,(H,22,25)/p+1. The van der Waals surface area contributed by atoms with Crippen molar-refractivity contribution in [1.82, 2.24) is 10.3 Å². The molecule has 0 unspecified atom stereocenters. The number of aromatic nitrogens is 1. The van der Waals surface area contributed by atoms with Gasteiger partial charge >= 0.3 is 0 Å². The summed E-state index contributed by atoms with van der Waals surface area (Å²) in [4.78, 5) is 19.5. The average Bonchev–Trinajstić information content (AvgIpc) is 2.62. The van der Waals surface area contributed by atoms with Crippen LogP contribution < -0.4 is 10.2 Å². The number of nitrogens with zero attached hydrogens (tertiary/aromatic N) is 1. The maximum Gasteiger partial charge on any atom is 0.252 e. The molecule has 0 spiro atoms. The molecule has 1 amide bonds. The van der Waals surface area contributed by atoms with Crippen LogP contribution >= 0.6 is 11.8 Å². The van der Waals surface area contributed by atoms with Crippen molar-refractivity contribution in [3.8, 4) is 0 Å². The smallest absolute Gasteiger partial charge is 0.252 e. The zero-order valence-electron chi connectivity index (χ0n) is 14.8. The average molecular weight is 370 g/mol. The molecule has 1 heterocycles. The van der Waals surface area contributed by atoms with E-state index in [1.165, 1.54) is 28.8 Å². The van der Waals surface area contributed by atoms with Gasteiger partial charge in [-0.1, -0.05) is 30.0 Å². The van der Waals surface area contributed by atoms with Crippen molar-refractivity contribution in [1.29, 1.82) is 0 Å². The second-order valence-corrected chi connectivity index (χ2v) is 7.39. The van der Waals surface area contributed by atoms with Crippen molar-refractivity contribution in [2.75, 3.05) is 27.2 Å². The SMILES string of the molecule is C[NH+](C)CCNC(=O)c1cc(Sc2ccc(F)cc2)nc2ccccc12. The summed E-state index contributed by atoms with van der Waals surface area (Å²) < 4.78 is 13.1. The Hall–Kier alpha value is -2.44. The van der Waals surface area contributed by atoms with E-state index in [2.05, 4.69) is 10.3 Å². The third-order valence-electron chi connectivity index (χ3n) is 3.88. The highest BCUT2D eigenvalue weighted by atomic mass is 32.2. The van der Waals surface area contributed by atoms with Gasteiger partial charge in [-0.05, 0) is 36.4 Å². The van der Waals surface area contributed by atoms with Crippen molar-refractivity contribution in [3.63, 3.8) is 0 Å². The lowest BCUT2D eigenvalue weighted by Crippen LogP contribution is -3.06. The van der Waals surface area contributed by atoms with Crippen LogP contribution in [0.15, 0.2) is 64.5 Å². The number of carbonyl (C=O) groups excluding carboxylic acids is 1. The Balaban J connectivity index is 1.90. The zero-order valence-corrected chi connectivity index (χ0v) is 15.6. The summed E-state index contributed by atoms with van der Waals surface area (Å²) >= 11 is 1.41. The number of quaternary nitrogens is 1. The number of pyridine rings is 1. The first-order valence-electron chi connectivity index (χ1n) is 8.43. The Morgan fingerprint density at radius 2 is 1.88 bits per heavy atom. The molecule has 0 aliphatic rings. The van der Waals surface area contributed by atoms with Crippen molar-refractivity contribution in [3.05, 3.63) is 66.0 Å². The van der Waals surface area contributed by atoms with Gasteiger partial charge in [0, 0.05) is 10.3 Å². The quantitative estimate of drug-likeness (QED) is 0.700. The van der Waals surface area contributed by atoms with Crippen molar-refractivity contribution < 1.29 is 14.1 Å². The Labute approximate surface area is 156 Å². The molecule has 0 fully saturated rings. The predicted molar refractivity (Wildman–Crippen MR) is 102 cm³/mol. The molecular formula is C20H21FN3OS+. The van der Waals surface area contributed by atoms with Crippen LogP contribution in [0.25, 0.3) is 10.9 Å². The molecule has 1 aromatic heterocycles. The Morgan fingerprint density at radius 3 is 2.62 bits per heavy atom. The molecule has 2 aromatic carbocycles. The van der Waals surface area contributed by atoms with E-state index in [1.54, 1.807) is 18.2 Å². The minimum Gasteiger partial charge on any atom is -0.346 e. The van der Waals surface area contributed by atoms with Crippen LogP contribution in [0.3, 0.4) is 0 Å².